The first kappa shape index (κ1) is 61.8. The fourth-order valence-corrected chi connectivity index (χ4v) is 9.21. The highest BCUT2D eigenvalue weighted by molar-refractivity contribution is 7.80. The van der Waals surface area contributed by atoms with Crippen LogP contribution in [-0.4, -0.2) is 107 Å². The summed E-state index contributed by atoms with van der Waals surface area (Å²) in [7, 11) is -5.12. The van der Waals surface area contributed by atoms with Crippen LogP contribution in [0.4, 0.5) is 0 Å². The van der Waals surface area contributed by atoms with E-state index in [2.05, 4.69) is 23.3 Å². The van der Waals surface area contributed by atoms with Gasteiger partial charge in [-0.25, -0.2) is 4.18 Å². The third-order valence-corrected chi connectivity index (χ3v) is 13.4. The van der Waals surface area contributed by atoms with Crippen LogP contribution < -0.4 is 5.32 Å². The van der Waals surface area contributed by atoms with Crippen LogP contribution in [0.3, 0.4) is 0 Å². The molecule has 0 saturated carbocycles. The molecule has 1 saturated heterocycles. The predicted octanol–water partition coefficient (Wildman–Crippen LogP) is 10.5. The molecule has 386 valence electrons. The number of aliphatic hydroxyl groups is 5. The van der Waals surface area contributed by atoms with Crippen molar-refractivity contribution in [1.82, 2.24) is 5.32 Å². The van der Waals surface area contributed by atoms with E-state index in [0.717, 1.165) is 38.5 Å². The zero-order chi connectivity index (χ0) is 47.8. The third kappa shape index (κ3) is 33.9. The number of carbonyl (C=O) groups is 1. The van der Waals surface area contributed by atoms with Gasteiger partial charge in [0.05, 0.1) is 25.4 Å². The number of allylic oxidation sites excluding steroid dienone is 1. The highest BCUT2D eigenvalue weighted by Gasteiger charge is 2.48. The number of nitrogens with one attached hydrogen (secondary N) is 1. The first-order valence-electron chi connectivity index (χ1n) is 26.7. The number of carbonyl (C=O) groups excluding carboxylic acids is 1. The number of aliphatic hydroxyl groups excluding tert-OH is 5. The average molecular weight is 950 g/mol. The Balaban J connectivity index is 2.49. The molecular formula is C51H99NO12S. The van der Waals surface area contributed by atoms with E-state index < -0.39 is 78.5 Å². The summed E-state index contributed by atoms with van der Waals surface area (Å²) in [6, 6.07) is -1.12. The SMILES string of the molecule is CCCCCCCCCCCCCCCCCC/C=C/C(O)C(COC1OC(CO)C(O)C(OS(=O)(=O)O)C1O)NC(=O)C(O)CCCCCCCCCCCCCCCCCCCC. The van der Waals surface area contributed by atoms with Gasteiger partial charge in [-0.1, -0.05) is 238 Å². The Kier molecular flexibility index (Phi) is 39.7. The molecule has 0 aromatic rings. The third-order valence-electron chi connectivity index (χ3n) is 12.9. The standard InChI is InChI=1S/C51H99NO12S/c1-3-5-7-9-11-13-15-17-19-21-23-25-27-29-31-33-35-37-39-44(54)43(42-62-51-48(57)49(64-65(59,60)61)47(56)46(41-53)63-51)52-50(58)45(55)40-38-36-34-32-30-28-26-24-22-20-18-16-14-12-10-8-6-4-2/h37,39,43-49,51,53-57H,3-36,38,40-42H2,1-2H3,(H,52,58)(H,59,60,61)/b39-37+. The van der Waals surface area contributed by atoms with E-state index in [0.29, 0.717) is 12.8 Å². The Hall–Kier alpha value is -1.20. The molecule has 1 aliphatic rings. The van der Waals surface area contributed by atoms with Gasteiger partial charge in [-0.05, 0) is 19.3 Å². The van der Waals surface area contributed by atoms with Gasteiger partial charge in [0.25, 0.3) is 0 Å². The number of ether oxygens (including phenoxy) is 2. The Labute approximate surface area is 396 Å². The lowest BCUT2D eigenvalue weighted by molar-refractivity contribution is -0.298. The molecule has 1 amide bonds. The van der Waals surface area contributed by atoms with Crippen molar-refractivity contribution in [3.63, 3.8) is 0 Å². The molecule has 1 heterocycles. The Morgan fingerprint density at radius 1 is 0.615 bits per heavy atom. The van der Waals surface area contributed by atoms with E-state index in [1.807, 2.05) is 6.08 Å². The molecule has 0 aliphatic carbocycles. The molecule has 14 heteroatoms. The summed E-state index contributed by atoms with van der Waals surface area (Å²) in [5, 5.41) is 55.4. The minimum absolute atomic E-state index is 0.249. The maximum Gasteiger partial charge on any atom is 0.397 e. The van der Waals surface area contributed by atoms with Crippen LogP contribution in [0.2, 0.25) is 0 Å². The number of rotatable bonds is 46. The van der Waals surface area contributed by atoms with Crippen LogP contribution in [0.5, 0.6) is 0 Å². The van der Waals surface area contributed by atoms with Gasteiger partial charge in [-0.3, -0.25) is 9.35 Å². The normalized spacial score (nSPS) is 20.6. The van der Waals surface area contributed by atoms with Crippen molar-refractivity contribution in [2.45, 2.75) is 294 Å². The van der Waals surface area contributed by atoms with Crippen LogP contribution in [0, 0.1) is 0 Å². The van der Waals surface area contributed by atoms with E-state index in [1.165, 1.54) is 173 Å². The maximum absolute atomic E-state index is 13.2. The zero-order valence-electron chi connectivity index (χ0n) is 41.2. The smallest absolute Gasteiger partial charge is 0.394 e. The van der Waals surface area contributed by atoms with Crippen molar-refractivity contribution in [2.75, 3.05) is 13.2 Å². The van der Waals surface area contributed by atoms with E-state index in [4.69, 9.17) is 9.47 Å². The van der Waals surface area contributed by atoms with Crippen LogP contribution in [0.1, 0.15) is 245 Å². The number of hydrogen-bond acceptors (Lipinski definition) is 11. The quantitative estimate of drug-likeness (QED) is 0.0173. The van der Waals surface area contributed by atoms with Crippen LogP contribution in [0.15, 0.2) is 12.2 Å². The fourth-order valence-electron chi connectivity index (χ4n) is 8.70. The number of amides is 1. The van der Waals surface area contributed by atoms with Gasteiger partial charge in [0.1, 0.15) is 30.5 Å². The van der Waals surface area contributed by atoms with Gasteiger partial charge in [0.15, 0.2) is 6.29 Å². The molecule has 1 rings (SSSR count). The van der Waals surface area contributed by atoms with Gasteiger partial charge in [-0.15, -0.1) is 0 Å². The summed E-state index contributed by atoms with van der Waals surface area (Å²) in [5.74, 6) is -0.697. The van der Waals surface area contributed by atoms with Gasteiger partial charge < -0.3 is 40.3 Å². The molecular weight excluding hydrogens is 851 g/mol. The monoisotopic (exact) mass is 950 g/mol. The molecule has 7 N–H and O–H groups in total. The topological polar surface area (TPSA) is 212 Å². The summed E-state index contributed by atoms with van der Waals surface area (Å²) in [6.07, 6.45) is 35.7. The molecule has 1 aliphatic heterocycles. The van der Waals surface area contributed by atoms with E-state index in [9.17, 15) is 43.3 Å². The molecule has 0 bridgehead atoms. The predicted molar refractivity (Wildman–Crippen MR) is 261 cm³/mol. The van der Waals surface area contributed by atoms with Crippen LogP contribution in [0.25, 0.3) is 0 Å². The highest BCUT2D eigenvalue weighted by Crippen LogP contribution is 2.26. The van der Waals surface area contributed by atoms with E-state index in [1.54, 1.807) is 6.08 Å². The molecule has 13 nitrogen and oxygen atoms in total. The van der Waals surface area contributed by atoms with Crippen LogP contribution >= 0.6 is 0 Å². The largest absolute Gasteiger partial charge is 0.397 e. The van der Waals surface area contributed by atoms with Gasteiger partial charge >= 0.3 is 10.4 Å². The lowest BCUT2D eigenvalue weighted by Crippen LogP contribution is -2.61. The second kappa shape index (κ2) is 41.7. The maximum atomic E-state index is 13.2. The molecule has 0 radical (unpaired) electrons. The molecule has 0 spiro atoms. The molecule has 0 aromatic carbocycles. The highest BCUT2D eigenvalue weighted by atomic mass is 32.3. The minimum Gasteiger partial charge on any atom is -0.394 e. The molecule has 65 heavy (non-hydrogen) atoms. The van der Waals surface area contributed by atoms with Crippen molar-refractivity contribution in [1.29, 1.82) is 0 Å². The second-order valence-electron chi connectivity index (χ2n) is 19.0. The van der Waals surface area contributed by atoms with Crippen molar-refractivity contribution in [3.05, 3.63) is 12.2 Å². The zero-order valence-corrected chi connectivity index (χ0v) is 42.0. The van der Waals surface area contributed by atoms with E-state index >= 15 is 0 Å². The van der Waals surface area contributed by atoms with Crippen molar-refractivity contribution in [3.8, 4) is 0 Å². The van der Waals surface area contributed by atoms with Gasteiger partial charge in [0, 0.05) is 0 Å². The second-order valence-corrected chi connectivity index (χ2v) is 20.0. The molecule has 8 unspecified atom stereocenters. The summed E-state index contributed by atoms with van der Waals surface area (Å²) in [4.78, 5) is 13.2. The summed E-state index contributed by atoms with van der Waals surface area (Å²) in [5.41, 5.74) is 0. The van der Waals surface area contributed by atoms with Gasteiger partial charge in [0.2, 0.25) is 5.91 Å². The fraction of sp³-hybridized carbons (Fsp3) is 0.941. The minimum atomic E-state index is -5.12. The van der Waals surface area contributed by atoms with Crippen molar-refractivity contribution < 1.29 is 57.0 Å². The number of hydrogen-bond donors (Lipinski definition) is 7. The summed E-state index contributed by atoms with van der Waals surface area (Å²) in [6.45, 7) is 3.26. The van der Waals surface area contributed by atoms with Crippen molar-refractivity contribution in [2.24, 2.45) is 0 Å². The van der Waals surface area contributed by atoms with Gasteiger partial charge in [-0.2, -0.15) is 8.42 Å². The van der Waals surface area contributed by atoms with Crippen LogP contribution in [-0.2, 0) is 28.9 Å². The Bertz CT molecular complexity index is 1230. The molecule has 1 fully saturated rings. The number of unbranched alkanes of at least 4 members (excludes halogenated alkanes) is 33. The Morgan fingerprint density at radius 2 is 1.00 bits per heavy atom. The average Bonchev–Trinajstić information content (AvgIpc) is 3.28. The lowest BCUT2D eigenvalue weighted by Gasteiger charge is -2.41. The lowest BCUT2D eigenvalue weighted by atomic mass is 9.99. The van der Waals surface area contributed by atoms with Crippen molar-refractivity contribution >= 4 is 16.3 Å². The first-order valence-corrected chi connectivity index (χ1v) is 28.0. The summed E-state index contributed by atoms with van der Waals surface area (Å²) >= 11 is 0. The summed E-state index contributed by atoms with van der Waals surface area (Å²) < 4.78 is 47.7. The molecule has 8 atom stereocenters. The van der Waals surface area contributed by atoms with E-state index in [-0.39, 0.29) is 6.42 Å². The Morgan fingerprint density at radius 3 is 1.38 bits per heavy atom. The molecule has 0 aromatic heterocycles. The first-order chi connectivity index (χ1) is 31.4.